The normalized spacial score (nSPS) is 13.5. The zero-order chi connectivity index (χ0) is 31.3. The first kappa shape index (κ1) is 26.8. The van der Waals surface area contributed by atoms with Crippen LogP contribution in [0.4, 0.5) is 0 Å². The summed E-state index contributed by atoms with van der Waals surface area (Å²) in [6.45, 7) is 4.88. The summed E-state index contributed by atoms with van der Waals surface area (Å²) in [6, 6.07) is 50.5. The van der Waals surface area contributed by atoms with Crippen molar-refractivity contribution in [2.45, 2.75) is 13.1 Å². The lowest BCUT2D eigenvalue weighted by atomic mass is 10.1. The summed E-state index contributed by atoms with van der Waals surface area (Å²) in [5, 5.41) is 7.97. The molecule has 3 aromatic heterocycles. The van der Waals surface area contributed by atoms with Crippen LogP contribution in [0.3, 0.4) is 0 Å². The molecule has 6 aromatic carbocycles. The molecule has 0 unspecified atom stereocenters. The van der Waals surface area contributed by atoms with Gasteiger partial charge in [0.25, 0.3) is 0 Å². The summed E-state index contributed by atoms with van der Waals surface area (Å²) >= 11 is 1.87. The maximum Gasteiger partial charge on any atom is 0.160 e. The predicted molar refractivity (Wildman–Crippen MR) is 202 cm³/mol. The van der Waals surface area contributed by atoms with Crippen LogP contribution in [0, 0.1) is 0 Å². The molecule has 10 rings (SSSR count). The molecule has 0 amide bonds. The van der Waals surface area contributed by atoms with Crippen molar-refractivity contribution in [1.82, 2.24) is 14.5 Å². The van der Waals surface area contributed by atoms with Crippen LogP contribution in [0.1, 0.15) is 0 Å². The van der Waals surface area contributed by atoms with Gasteiger partial charge in [0.15, 0.2) is 5.82 Å². The molecule has 0 bridgehead atoms. The summed E-state index contributed by atoms with van der Waals surface area (Å²) in [6.07, 6.45) is 0. The Morgan fingerprint density at radius 3 is 2.11 bits per heavy atom. The highest BCUT2D eigenvalue weighted by atomic mass is 32.1. The Bertz CT molecular complexity index is 2700. The van der Waals surface area contributed by atoms with E-state index in [1.807, 2.05) is 17.4 Å². The Kier molecular flexibility index (Phi) is 5.60. The van der Waals surface area contributed by atoms with Crippen LogP contribution in [0.5, 0.6) is 0 Å². The Morgan fingerprint density at radius 2 is 1.26 bits per heavy atom. The number of hydrogen-bond donors (Lipinski definition) is 0. The zero-order valence-corrected chi connectivity index (χ0v) is 27.8. The van der Waals surface area contributed by atoms with E-state index >= 15 is 0 Å². The third-order valence-corrected chi connectivity index (χ3v) is 14.6. The lowest BCUT2D eigenvalue weighted by Crippen LogP contribution is -2.50. The van der Waals surface area contributed by atoms with E-state index in [9.17, 15) is 0 Å². The van der Waals surface area contributed by atoms with Gasteiger partial charge in [-0.1, -0.05) is 122 Å². The van der Waals surface area contributed by atoms with Crippen LogP contribution in [-0.2, 0) is 0 Å². The van der Waals surface area contributed by atoms with Gasteiger partial charge in [-0.25, -0.2) is 9.97 Å². The average molecular weight is 636 g/mol. The summed E-state index contributed by atoms with van der Waals surface area (Å²) in [7, 11) is -2.05. The molecular formula is C42H29N3SSi. The largest absolute Gasteiger partial charge is 0.309 e. The molecular weight excluding hydrogens is 607 g/mol. The molecule has 0 N–H and O–H groups in total. The smallest absolute Gasteiger partial charge is 0.160 e. The number of nitrogens with zero attached hydrogens (tertiary/aromatic N) is 3. The molecule has 0 spiro atoms. The van der Waals surface area contributed by atoms with Gasteiger partial charge in [-0.15, -0.1) is 11.3 Å². The van der Waals surface area contributed by atoms with Crippen LogP contribution in [-0.4, -0.2) is 22.6 Å². The SMILES string of the molecule is C[Si]1(C)c2ccccc2-c2nc(-c3ccccc3)nc(-c3ccc(-n4c5ccccc5c5ccc6sc7ccccc7c6c54)cc3)c21. The van der Waals surface area contributed by atoms with Crippen molar-refractivity contribution in [1.29, 1.82) is 0 Å². The second kappa shape index (κ2) is 9.82. The monoisotopic (exact) mass is 635 g/mol. The third kappa shape index (κ3) is 3.78. The van der Waals surface area contributed by atoms with Crippen molar-refractivity contribution in [3.63, 3.8) is 0 Å². The Balaban J connectivity index is 1.22. The van der Waals surface area contributed by atoms with Gasteiger partial charge in [0.2, 0.25) is 0 Å². The molecule has 0 aliphatic carbocycles. The van der Waals surface area contributed by atoms with Crippen LogP contribution >= 0.6 is 11.3 Å². The molecule has 1 aliphatic heterocycles. The van der Waals surface area contributed by atoms with Gasteiger partial charge in [0.1, 0.15) is 8.07 Å². The van der Waals surface area contributed by atoms with E-state index in [0.717, 1.165) is 34.0 Å². The molecule has 5 heteroatoms. The maximum atomic E-state index is 5.34. The highest BCUT2D eigenvalue weighted by molar-refractivity contribution is 7.26. The molecule has 222 valence electrons. The first-order chi connectivity index (χ1) is 23.1. The average Bonchev–Trinajstić information content (AvgIpc) is 3.74. The van der Waals surface area contributed by atoms with Crippen molar-refractivity contribution >= 4 is 71.8 Å². The van der Waals surface area contributed by atoms with Crippen LogP contribution < -0.4 is 10.4 Å². The molecule has 0 saturated carbocycles. The fraction of sp³-hybridized carbons (Fsp3) is 0.0476. The van der Waals surface area contributed by atoms with Gasteiger partial charge >= 0.3 is 0 Å². The Morgan fingerprint density at radius 1 is 0.553 bits per heavy atom. The first-order valence-electron chi connectivity index (χ1n) is 16.1. The van der Waals surface area contributed by atoms with Crippen molar-refractivity contribution < 1.29 is 0 Å². The van der Waals surface area contributed by atoms with Gasteiger partial charge in [0, 0.05) is 47.8 Å². The second-order valence-corrected chi connectivity index (χ2v) is 18.4. The molecule has 0 saturated heterocycles. The zero-order valence-electron chi connectivity index (χ0n) is 26.0. The van der Waals surface area contributed by atoms with E-state index in [2.05, 4.69) is 151 Å². The number of aromatic nitrogens is 3. The molecule has 0 fully saturated rings. The topological polar surface area (TPSA) is 30.7 Å². The summed E-state index contributed by atoms with van der Waals surface area (Å²) < 4.78 is 5.10. The van der Waals surface area contributed by atoms with Gasteiger partial charge in [-0.2, -0.15) is 0 Å². The minimum absolute atomic E-state index is 0.777. The number of hydrogen-bond acceptors (Lipinski definition) is 3. The number of rotatable bonds is 3. The second-order valence-electron chi connectivity index (χ2n) is 13.0. The number of thiophene rings is 1. The fourth-order valence-electron chi connectivity index (χ4n) is 7.84. The summed E-state index contributed by atoms with van der Waals surface area (Å²) in [4.78, 5) is 10.6. The molecule has 4 heterocycles. The number of benzene rings is 6. The van der Waals surface area contributed by atoms with E-state index in [1.54, 1.807) is 0 Å². The third-order valence-electron chi connectivity index (χ3n) is 10.00. The fourth-order valence-corrected chi connectivity index (χ4v) is 12.2. The minimum atomic E-state index is -2.05. The minimum Gasteiger partial charge on any atom is -0.309 e. The van der Waals surface area contributed by atoms with Crippen molar-refractivity contribution in [2.24, 2.45) is 0 Å². The molecule has 9 aromatic rings. The molecule has 3 nitrogen and oxygen atoms in total. The first-order valence-corrected chi connectivity index (χ1v) is 19.9. The molecule has 47 heavy (non-hydrogen) atoms. The lowest BCUT2D eigenvalue weighted by molar-refractivity contribution is 1.18. The van der Waals surface area contributed by atoms with Crippen molar-refractivity contribution in [3.05, 3.63) is 140 Å². The van der Waals surface area contributed by atoms with E-state index in [-0.39, 0.29) is 0 Å². The number of para-hydroxylation sites is 1. The predicted octanol–water partition coefficient (Wildman–Crippen LogP) is 10.1. The van der Waals surface area contributed by atoms with E-state index in [0.29, 0.717) is 0 Å². The lowest BCUT2D eigenvalue weighted by Gasteiger charge is -2.22. The van der Waals surface area contributed by atoms with E-state index < -0.39 is 8.07 Å². The Labute approximate surface area is 277 Å². The van der Waals surface area contributed by atoms with Gasteiger partial charge in [-0.05, 0) is 46.3 Å². The van der Waals surface area contributed by atoms with Gasteiger partial charge < -0.3 is 4.57 Å². The highest BCUT2D eigenvalue weighted by Gasteiger charge is 2.41. The van der Waals surface area contributed by atoms with Crippen LogP contribution in [0.15, 0.2) is 140 Å². The molecule has 0 radical (unpaired) electrons. The van der Waals surface area contributed by atoms with Crippen LogP contribution in [0.2, 0.25) is 13.1 Å². The van der Waals surface area contributed by atoms with Gasteiger partial charge in [0.05, 0.1) is 22.4 Å². The number of fused-ring (bicyclic) bond motifs is 10. The Hall–Kier alpha value is -5.36. The summed E-state index contributed by atoms with van der Waals surface area (Å²) in [5.74, 6) is 0.777. The van der Waals surface area contributed by atoms with E-state index in [4.69, 9.17) is 9.97 Å². The molecule has 1 aliphatic rings. The van der Waals surface area contributed by atoms with Crippen LogP contribution in [0.25, 0.3) is 81.6 Å². The summed E-state index contributed by atoms with van der Waals surface area (Å²) in [5.41, 5.74) is 9.22. The quantitative estimate of drug-likeness (QED) is 0.181. The van der Waals surface area contributed by atoms with Gasteiger partial charge in [-0.3, -0.25) is 0 Å². The highest BCUT2D eigenvalue weighted by Crippen LogP contribution is 2.43. The van der Waals surface area contributed by atoms with Crippen molar-refractivity contribution in [3.8, 4) is 39.6 Å². The standard InChI is InChI=1S/C42H29N3SSi/c1-47(2)36-19-11-8-16-32(36)39-41(47)38(43-42(44-39)27-12-4-3-5-13-27)26-20-22-28(23-21-26)45-33-17-9-6-14-29(33)30-24-25-35-37(40(30)45)31-15-7-10-18-34(31)46-35/h3-25H,1-2H3. The van der Waals surface area contributed by atoms with E-state index in [1.165, 1.54) is 57.9 Å². The maximum absolute atomic E-state index is 5.34. The van der Waals surface area contributed by atoms with Crippen molar-refractivity contribution in [2.75, 3.05) is 0 Å². The molecule has 0 atom stereocenters.